The molecule has 32 heavy (non-hydrogen) atoms. The number of rotatable bonds is 4. The van der Waals surface area contributed by atoms with Crippen LogP contribution in [0.2, 0.25) is 0 Å². The molecule has 6 nitrogen and oxygen atoms in total. The van der Waals surface area contributed by atoms with Crippen LogP contribution in [0.1, 0.15) is 6.92 Å². The van der Waals surface area contributed by atoms with E-state index in [4.69, 9.17) is 0 Å². The maximum absolute atomic E-state index is 15.2. The largest absolute Gasteiger partial charge is 0.325 e. The van der Waals surface area contributed by atoms with Crippen LogP contribution in [0, 0.1) is 5.82 Å². The van der Waals surface area contributed by atoms with E-state index >= 15 is 4.39 Å². The van der Waals surface area contributed by atoms with Gasteiger partial charge in [-0.15, -0.1) is 0 Å². The lowest BCUT2D eigenvalue weighted by Gasteiger charge is -2.09. The van der Waals surface area contributed by atoms with Gasteiger partial charge in [-0.3, -0.25) is 18.7 Å². The second-order valence-electron chi connectivity index (χ2n) is 7.17. The minimum Gasteiger partial charge on any atom is -0.325 e. The Kier molecular flexibility index (Phi) is 5.51. The Morgan fingerprint density at radius 2 is 1.94 bits per heavy atom. The first kappa shape index (κ1) is 20.8. The maximum Gasteiger partial charge on any atom is 0.221 e. The molecule has 0 radical (unpaired) electrons. The zero-order chi connectivity index (χ0) is 22.2. The number of benzene rings is 1. The Morgan fingerprint density at radius 1 is 1.06 bits per heavy atom. The SMILES string of the molecule is CC(=O)Nc1cnc2c(c1)c(-c1cc(F)c3nccc(-c4cccnc4)c3c1)cn2SI. The summed E-state index contributed by atoms with van der Waals surface area (Å²) in [5.74, 6) is -0.587. The fraction of sp³-hybridized carbons (Fsp3) is 0.0435. The molecular weight excluding hydrogens is 540 g/mol. The Labute approximate surface area is 199 Å². The number of nitrogens with zero attached hydrogens (tertiary/aromatic N) is 4. The molecule has 0 atom stereocenters. The minimum absolute atomic E-state index is 0.181. The molecule has 9 heteroatoms. The van der Waals surface area contributed by atoms with E-state index in [0.717, 1.165) is 27.7 Å². The molecule has 0 bridgehead atoms. The molecule has 0 saturated heterocycles. The highest BCUT2D eigenvalue weighted by molar-refractivity contribution is 14.2. The molecule has 0 aliphatic rings. The third-order valence-corrected chi connectivity index (χ3v) is 6.79. The Balaban J connectivity index is 1.77. The van der Waals surface area contributed by atoms with Crippen LogP contribution in [-0.2, 0) is 4.79 Å². The summed E-state index contributed by atoms with van der Waals surface area (Å²) in [6.45, 7) is 1.45. The lowest BCUT2D eigenvalue weighted by Crippen LogP contribution is -2.05. The number of carbonyl (C=O) groups is 1. The van der Waals surface area contributed by atoms with Crippen molar-refractivity contribution in [3.63, 3.8) is 0 Å². The molecule has 1 aromatic carbocycles. The molecule has 158 valence electrons. The van der Waals surface area contributed by atoms with Gasteiger partial charge in [-0.05, 0) is 41.5 Å². The summed E-state index contributed by atoms with van der Waals surface area (Å²) in [7, 11) is 1.46. The standard InChI is InChI=1S/C23H15FIN5OS/c1-13(31)29-16-9-19-20(12-30(32-25)23(19)28-11-16)15-7-18-17(14-3-2-5-26-10-14)4-6-27-22(18)21(24)8-15/h2-12H,1H3,(H,29,31). The van der Waals surface area contributed by atoms with Gasteiger partial charge in [-0.2, -0.15) is 0 Å². The number of nitrogens with one attached hydrogen (secondary N) is 1. The number of anilines is 1. The zero-order valence-corrected chi connectivity index (χ0v) is 19.7. The van der Waals surface area contributed by atoms with Gasteiger partial charge in [0, 0.05) is 83.9 Å². The molecule has 4 aromatic heterocycles. The summed E-state index contributed by atoms with van der Waals surface area (Å²) >= 11 is 2.18. The minimum atomic E-state index is -0.405. The summed E-state index contributed by atoms with van der Waals surface area (Å²) in [5, 5.41) is 4.27. The van der Waals surface area contributed by atoms with Crippen molar-refractivity contribution >= 4 is 63.9 Å². The van der Waals surface area contributed by atoms with Gasteiger partial charge in [-0.1, -0.05) is 6.07 Å². The molecule has 1 N–H and O–H groups in total. The third kappa shape index (κ3) is 3.71. The normalized spacial score (nSPS) is 11.2. The van der Waals surface area contributed by atoms with E-state index in [0.29, 0.717) is 22.2 Å². The molecule has 0 saturated carbocycles. The number of aromatic nitrogens is 4. The summed E-state index contributed by atoms with van der Waals surface area (Å²) in [6, 6.07) is 10.9. The van der Waals surface area contributed by atoms with Crippen LogP contribution < -0.4 is 5.32 Å². The first-order valence-electron chi connectivity index (χ1n) is 9.62. The molecule has 0 aliphatic heterocycles. The van der Waals surface area contributed by atoms with E-state index in [1.807, 2.05) is 40.5 Å². The molecule has 1 amide bonds. The average Bonchev–Trinajstić information content (AvgIpc) is 3.17. The second kappa shape index (κ2) is 8.47. The fourth-order valence-electron chi connectivity index (χ4n) is 3.77. The quantitative estimate of drug-likeness (QED) is 0.265. The predicted molar refractivity (Wildman–Crippen MR) is 135 cm³/mol. The predicted octanol–water partition coefficient (Wildman–Crippen LogP) is 6.26. The van der Waals surface area contributed by atoms with E-state index in [1.165, 1.54) is 22.1 Å². The summed E-state index contributed by atoms with van der Waals surface area (Å²) < 4.78 is 17.1. The lowest BCUT2D eigenvalue weighted by molar-refractivity contribution is -0.114. The summed E-state index contributed by atoms with van der Waals surface area (Å²) in [4.78, 5) is 24.5. The Morgan fingerprint density at radius 3 is 2.69 bits per heavy atom. The molecule has 0 fully saturated rings. The maximum atomic E-state index is 15.2. The van der Waals surface area contributed by atoms with Gasteiger partial charge in [0.05, 0.1) is 11.9 Å². The Bertz CT molecular complexity index is 1490. The number of halogens is 2. The van der Waals surface area contributed by atoms with Crippen molar-refractivity contribution in [2.45, 2.75) is 6.92 Å². The number of hydrogen-bond acceptors (Lipinski definition) is 5. The summed E-state index contributed by atoms with van der Waals surface area (Å²) in [6.07, 6.45) is 8.60. The van der Waals surface area contributed by atoms with Crippen LogP contribution in [0.5, 0.6) is 0 Å². The third-order valence-electron chi connectivity index (χ3n) is 5.09. The second-order valence-corrected chi connectivity index (χ2v) is 8.88. The van der Waals surface area contributed by atoms with Crippen molar-refractivity contribution in [2.75, 3.05) is 5.32 Å². The van der Waals surface area contributed by atoms with Crippen LogP contribution >= 0.6 is 30.3 Å². The topological polar surface area (TPSA) is 72.7 Å². The summed E-state index contributed by atoms with van der Waals surface area (Å²) in [5.41, 5.74) is 4.87. The first-order valence-corrected chi connectivity index (χ1v) is 12.9. The number of hydrogen-bond donors (Lipinski definition) is 1. The molecule has 5 rings (SSSR count). The van der Waals surface area contributed by atoms with Crippen molar-refractivity contribution in [3.05, 3.63) is 73.2 Å². The van der Waals surface area contributed by atoms with Gasteiger partial charge in [0.15, 0.2) is 5.65 Å². The van der Waals surface area contributed by atoms with Crippen molar-refractivity contribution in [1.29, 1.82) is 0 Å². The van der Waals surface area contributed by atoms with E-state index in [-0.39, 0.29) is 5.91 Å². The zero-order valence-electron chi connectivity index (χ0n) is 16.7. The number of carbonyl (C=O) groups excluding carboxylic acids is 1. The average molecular weight is 555 g/mol. The number of amides is 1. The lowest BCUT2D eigenvalue weighted by atomic mass is 9.98. The highest BCUT2D eigenvalue weighted by Gasteiger charge is 2.17. The molecule has 0 unspecified atom stereocenters. The Hall–Kier alpha value is -3.05. The number of pyridine rings is 3. The van der Waals surface area contributed by atoms with Gasteiger partial charge < -0.3 is 5.32 Å². The van der Waals surface area contributed by atoms with Gasteiger partial charge in [0.1, 0.15) is 11.3 Å². The molecule has 0 spiro atoms. The molecule has 0 aliphatic carbocycles. The van der Waals surface area contributed by atoms with E-state index in [1.54, 1.807) is 24.8 Å². The number of fused-ring (bicyclic) bond motifs is 2. The van der Waals surface area contributed by atoms with Crippen LogP contribution in [0.15, 0.2) is 67.4 Å². The van der Waals surface area contributed by atoms with E-state index < -0.39 is 5.82 Å². The van der Waals surface area contributed by atoms with Crippen molar-refractivity contribution < 1.29 is 9.18 Å². The van der Waals surface area contributed by atoms with Gasteiger partial charge in [0.2, 0.25) is 5.91 Å². The van der Waals surface area contributed by atoms with Gasteiger partial charge in [-0.25, -0.2) is 9.37 Å². The van der Waals surface area contributed by atoms with E-state index in [2.05, 4.69) is 41.5 Å². The monoisotopic (exact) mass is 555 g/mol. The van der Waals surface area contributed by atoms with Crippen molar-refractivity contribution in [2.24, 2.45) is 0 Å². The fourth-order valence-corrected chi connectivity index (χ4v) is 5.03. The van der Waals surface area contributed by atoms with Crippen molar-refractivity contribution in [1.82, 2.24) is 18.9 Å². The van der Waals surface area contributed by atoms with Gasteiger partial charge in [0.25, 0.3) is 0 Å². The van der Waals surface area contributed by atoms with Crippen molar-refractivity contribution in [3.8, 4) is 22.3 Å². The highest BCUT2D eigenvalue weighted by atomic mass is 127. The van der Waals surface area contributed by atoms with E-state index in [9.17, 15) is 4.79 Å². The smallest absolute Gasteiger partial charge is 0.221 e. The molecular formula is C23H15FIN5OS. The molecule has 4 heterocycles. The molecule has 5 aromatic rings. The van der Waals surface area contributed by atoms with Crippen LogP contribution in [0.3, 0.4) is 0 Å². The van der Waals surface area contributed by atoms with Crippen LogP contribution in [0.4, 0.5) is 10.1 Å². The van der Waals surface area contributed by atoms with Gasteiger partial charge >= 0.3 is 0 Å². The van der Waals surface area contributed by atoms with Crippen LogP contribution in [-0.4, -0.2) is 24.8 Å². The van der Waals surface area contributed by atoms with Crippen LogP contribution in [0.25, 0.3) is 44.2 Å². The first-order chi connectivity index (χ1) is 15.5. The highest BCUT2D eigenvalue weighted by Crippen LogP contribution is 2.38.